The SMILES string of the molecule is Fc1c(F)c(F)c(NCC(F)(F)c2ccccc2)c(F)c1F. The van der Waals surface area contributed by atoms with Gasteiger partial charge in [0.25, 0.3) is 5.92 Å². The third-order valence-electron chi connectivity index (χ3n) is 2.89. The number of hydrogen-bond acceptors (Lipinski definition) is 1. The summed E-state index contributed by atoms with van der Waals surface area (Å²) in [6.45, 7) is -1.34. The smallest absolute Gasteiger partial charge is 0.290 e. The van der Waals surface area contributed by atoms with E-state index in [1.54, 1.807) is 5.32 Å². The van der Waals surface area contributed by atoms with Crippen molar-refractivity contribution in [3.63, 3.8) is 0 Å². The first-order valence-electron chi connectivity index (χ1n) is 5.94. The lowest BCUT2D eigenvalue weighted by Gasteiger charge is -2.19. The van der Waals surface area contributed by atoms with Crippen LogP contribution >= 0.6 is 0 Å². The molecule has 0 fully saturated rings. The molecule has 118 valence electrons. The zero-order chi connectivity index (χ0) is 16.5. The van der Waals surface area contributed by atoms with Crippen LogP contribution in [0.15, 0.2) is 30.3 Å². The minimum Gasteiger partial charge on any atom is -0.374 e. The van der Waals surface area contributed by atoms with Gasteiger partial charge in [-0.05, 0) is 0 Å². The molecule has 0 aliphatic carbocycles. The highest BCUT2D eigenvalue weighted by Crippen LogP contribution is 2.31. The second-order valence-electron chi connectivity index (χ2n) is 4.37. The van der Waals surface area contributed by atoms with Crippen LogP contribution in [0.4, 0.5) is 36.4 Å². The number of rotatable bonds is 4. The summed E-state index contributed by atoms with van der Waals surface area (Å²) < 4.78 is 93.1. The molecule has 2 aromatic rings. The zero-order valence-corrected chi connectivity index (χ0v) is 10.7. The Morgan fingerprint density at radius 2 is 1.18 bits per heavy atom. The summed E-state index contributed by atoms with van der Waals surface area (Å²) in [6.07, 6.45) is 0. The fourth-order valence-corrected chi connectivity index (χ4v) is 1.74. The van der Waals surface area contributed by atoms with E-state index in [2.05, 4.69) is 0 Å². The molecule has 1 N–H and O–H groups in total. The molecule has 8 heteroatoms. The van der Waals surface area contributed by atoms with Crippen LogP contribution in [0.25, 0.3) is 0 Å². The number of nitrogens with one attached hydrogen (secondary N) is 1. The topological polar surface area (TPSA) is 12.0 Å². The molecule has 0 amide bonds. The molecule has 0 atom stereocenters. The Morgan fingerprint density at radius 1 is 0.727 bits per heavy atom. The van der Waals surface area contributed by atoms with Crippen LogP contribution in [0.2, 0.25) is 0 Å². The number of anilines is 1. The molecule has 0 radical (unpaired) electrons. The maximum absolute atomic E-state index is 13.8. The highest BCUT2D eigenvalue weighted by atomic mass is 19.3. The first-order valence-corrected chi connectivity index (χ1v) is 5.94. The molecule has 2 aromatic carbocycles. The van der Waals surface area contributed by atoms with Gasteiger partial charge in [-0.1, -0.05) is 30.3 Å². The van der Waals surface area contributed by atoms with Crippen LogP contribution in [0.3, 0.4) is 0 Å². The average Bonchev–Trinajstić information content (AvgIpc) is 2.52. The second kappa shape index (κ2) is 5.86. The summed E-state index contributed by atoms with van der Waals surface area (Å²) in [6, 6.07) is 6.26. The van der Waals surface area contributed by atoms with E-state index in [1.807, 2.05) is 0 Å². The monoisotopic (exact) mass is 323 g/mol. The van der Waals surface area contributed by atoms with Gasteiger partial charge in [0.15, 0.2) is 23.3 Å². The molecule has 0 aliphatic rings. The first kappa shape index (κ1) is 16.1. The van der Waals surface area contributed by atoms with Crippen LogP contribution in [0.5, 0.6) is 0 Å². The normalized spacial score (nSPS) is 11.6. The number of alkyl halides is 2. The van der Waals surface area contributed by atoms with Crippen molar-refractivity contribution in [2.45, 2.75) is 5.92 Å². The Kier molecular flexibility index (Phi) is 4.30. The van der Waals surface area contributed by atoms with Crippen molar-refractivity contribution < 1.29 is 30.7 Å². The Morgan fingerprint density at radius 3 is 1.68 bits per heavy atom. The lowest BCUT2D eigenvalue weighted by molar-refractivity contribution is 0.0105. The minimum atomic E-state index is -3.57. The molecule has 2 rings (SSSR count). The summed E-state index contributed by atoms with van der Waals surface area (Å²) in [5, 5.41) is 1.58. The molecule has 0 aromatic heterocycles. The van der Waals surface area contributed by atoms with Crippen LogP contribution in [-0.2, 0) is 5.92 Å². The van der Waals surface area contributed by atoms with E-state index in [1.165, 1.54) is 18.2 Å². The van der Waals surface area contributed by atoms with E-state index < -0.39 is 52.8 Å². The average molecular weight is 323 g/mol. The van der Waals surface area contributed by atoms with Crippen LogP contribution in [0, 0.1) is 29.1 Å². The summed E-state index contributed by atoms with van der Waals surface area (Å²) in [5.74, 6) is -14.7. The molecule has 0 saturated carbocycles. The van der Waals surface area contributed by atoms with Gasteiger partial charge in [-0.25, -0.2) is 22.0 Å². The Hall–Kier alpha value is -2.25. The predicted molar refractivity (Wildman–Crippen MR) is 65.1 cm³/mol. The van der Waals surface area contributed by atoms with Crippen molar-refractivity contribution in [2.75, 3.05) is 11.9 Å². The van der Waals surface area contributed by atoms with Gasteiger partial charge in [0, 0.05) is 5.56 Å². The largest absolute Gasteiger partial charge is 0.374 e. The molecule has 1 nitrogen and oxygen atoms in total. The molecule has 0 aliphatic heterocycles. The molecular formula is C14H8F7N. The third kappa shape index (κ3) is 2.86. The van der Waals surface area contributed by atoms with E-state index in [0.717, 1.165) is 12.1 Å². The lowest BCUT2D eigenvalue weighted by Crippen LogP contribution is -2.26. The first-order chi connectivity index (χ1) is 10.3. The van der Waals surface area contributed by atoms with Gasteiger partial charge in [-0.15, -0.1) is 0 Å². The molecule has 0 bridgehead atoms. The lowest BCUT2D eigenvalue weighted by atomic mass is 10.1. The quantitative estimate of drug-likeness (QED) is 0.493. The summed E-state index contributed by atoms with van der Waals surface area (Å²) in [5.41, 5.74) is -1.96. The van der Waals surface area contributed by atoms with E-state index in [-0.39, 0.29) is 0 Å². The van der Waals surface area contributed by atoms with Crippen molar-refractivity contribution in [1.82, 2.24) is 0 Å². The molecule has 0 saturated heterocycles. The zero-order valence-electron chi connectivity index (χ0n) is 10.7. The predicted octanol–water partition coefficient (Wildman–Crippen LogP) is 4.59. The van der Waals surface area contributed by atoms with Crippen molar-refractivity contribution in [1.29, 1.82) is 0 Å². The Labute approximate surface area is 120 Å². The van der Waals surface area contributed by atoms with Crippen LogP contribution < -0.4 is 5.32 Å². The van der Waals surface area contributed by atoms with Crippen LogP contribution in [-0.4, -0.2) is 6.54 Å². The maximum Gasteiger partial charge on any atom is 0.290 e. The minimum absolute atomic E-state index is 0.466. The summed E-state index contributed by atoms with van der Waals surface area (Å²) >= 11 is 0. The molecule has 22 heavy (non-hydrogen) atoms. The van der Waals surface area contributed by atoms with Crippen molar-refractivity contribution in [3.05, 3.63) is 65.0 Å². The fraction of sp³-hybridized carbons (Fsp3) is 0.143. The van der Waals surface area contributed by atoms with Gasteiger partial charge in [0.1, 0.15) is 5.69 Å². The molecule has 0 unspecified atom stereocenters. The summed E-state index contributed by atoms with van der Waals surface area (Å²) in [7, 11) is 0. The van der Waals surface area contributed by atoms with Gasteiger partial charge < -0.3 is 5.32 Å². The van der Waals surface area contributed by atoms with E-state index in [0.29, 0.717) is 0 Å². The van der Waals surface area contributed by atoms with Crippen molar-refractivity contribution in [2.24, 2.45) is 0 Å². The molecular weight excluding hydrogens is 315 g/mol. The van der Waals surface area contributed by atoms with E-state index >= 15 is 0 Å². The van der Waals surface area contributed by atoms with Crippen molar-refractivity contribution in [3.8, 4) is 0 Å². The van der Waals surface area contributed by atoms with Gasteiger partial charge >= 0.3 is 0 Å². The standard InChI is InChI=1S/C14H8F7N/c15-8-9(16)11(18)13(12(19)10(8)17)22-6-14(20,21)7-4-2-1-3-5-7/h1-5,22H,6H2. The summed E-state index contributed by atoms with van der Waals surface area (Å²) in [4.78, 5) is 0. The Bertz CT molecular complexity index is 656. The maximum atomic E-state index is 13.8. The fourth-order valence-electron chi connectivity index (χ4n) is 1.74. The van der Waals surface area contributed by atoms with Gasteiger partial charge in [0.05, 0.1) is 6.54 Å². The van der Waals surface area contributed by atoms with Crippen molar-refractivity contribution >= 4 is 5.69 Å². The highest BCUT2D eigenvalue weighted by molar-refractivity contribution is 5.48. The van der Waals surface area contributed by atoms with Crippen LogP contribution in [0.1, 0.15) is 5.56 Å². The van der Waals surface area contributed by atoms with Gasteiger partial charge in [0.2, 0.25) is 5.82 Å². The molecule has 0 heterocycles. The number of halogens is 7. The third-order valence-corrected chi connectivity index (χ3v) is 2.89. The highest BCUT2D eigenvalue weighted by Gasteiger charge is 2.33. The Balaban J connectivity index is 2.29. The van der Waals surface area contributed by atoms with E-state index in [4.69, 9.17) is 0 Å². The second-order valence-corrected chi connectivity index (χ2v) is 4.37. The number of benzene rings is 2. The van der Waals surface area contributed by atoms with E-state index in [9.17, 15) is 30.7 Å². The molecule has 0 spiro atoms. The van der Waals surface area contributed by atoms with Gasteiger partial charge in [-0.2, -0.15) is 8.78 Å². The van der Waals surface area contributed by atoms with Gasteiger partial charge in [-0.3, -0.25) is 0 Å². The number of hydrogen-bond donors (Lipinski definition) is 1.